The van der Waals surface area contributed by atoms with Gasteiger partial charge in [-0.05, 0) is 37.3 Å². The summed E-state index contributed by atoms with van der Waals surface area (Å²) in [6, 6.07) is 10.1. The number of carbonyl (C=O) groups excluding carboxylic acids is 1. The summed E-state index contributed by atoms with van der Waals surface area (Å²) >= 11 is 1.53. The number of hydrogen-bond donors (Lipinski definition) is 1. The zero-order valence-electron chi connectivity index (χ0n) is 16.7. The van der Waals surface area contributed by atoms with Crippen LogP contribution < -0.4 is 5.32 Å². The van der Waals surface area contributed by atoms with Crippen LogP contribution in [0.25, 0.3) is 10.6 Å². The Morgan fingerprint density at radius 2 is 2.07 bits per heavy atom. The molecule has 0 bridgehead atoms. The molecular formula is C22H23N5OS. The minimum Gasteiger partial charge on any atom is -0.344 e. The van der Waals surface area contributed by atoms with Crippen LogP contribution in [0.2, 0.25) is 0 Å². The first kappa shape index (κ1) is 18.1. The van der Waals surface area contributed by atoms with Crippen LogP contribution in [0.15, 0.2) is 48.1 Å². The van der Waals surface area contributed by atoms with Crippen molar-refractivity contribution >= 4 is 22.2 Å². The number of nitrogens with one attached hydrogen (secondary N) is 1. The highest BCUT2D eigenvalue weighted by Gasteiger charge is 2.36. The molecule has 0 fully saturated rings. The maximum absolute atomic E-state index is 13.2. The number of nitrogens with zero attached hydrogens (tertiary/aromatic N) is 4. The summed E-state index contributed by atoms with van der Waals surface area (Å²) in [6.07, 6.45) is 5.60. The highest BCUT2D eigenvalue weighted by molar-refractivity contribution is 7.15. The Bertz CT molecular complexity index is 1200. The molecular weight excluding hydrogens is 382 g/mol. The molecule has 4 aromatic rings. The molecule has 1 N–H and O–H groups in total. The number of para-hydroxylation sites is 1. The van der Waals surface area contributed by atoms with E-state index < -0.39 is 0 Å². The average Bonchev–Trinajstić information content (AvgIpc) is 3.35. The van der Waals surface area contributed by atoms with Crippen LogP contribution >= 0.6 is 11.3 Å². The fourth-order valence-electron chi connectivity index (χ4n) is 4.36. The van der Waals surface area contributed by atoms with Gasteiger partial charge < -0.3 is 5.32 Å². The fourth-order valence-corrected chi connectivity index (χ4v) is 5.12. The van der Waals surface area contributed by atoms with Crippen molar-refractivity contribution in [1.82, 2.24) is 24.5 Å². The number of aromatic nitrogens is 4. The highest BCUT2D eigenvalue weighted by atomic mass is 32.1. The first-order valence-corrected chi connectivity index (χ1v) is 10.7. The molecule has 6 nitrogen and oxygen atoms in total. The summed E-state index contributed by atoms with van der Waals surface area (Å²) in [7, 11) is 0. The second-order valence-corrected chi connectivity index (χ2v) is 9.34. The van der Waals surface area contributed by atoms with Crippen molar-refractivity contribution in [1.29, 1.82) is 0 Å². The molecule has 0 saturated heterocycles. The first-order chi connectivity index (χ1) is 13.9. The number of thiazole rings is 1. The van der Waals surface area contributed by atoms with Crippen molar-refractivity contribution in [3.05, 3.63) is 70.8 Å². The first-order valence-electron chi connectivity index (χ1n) is 9.78. The molecule has 0 saturated carbocycles. The molecule has 1 aromatic carbocycles. The molecule has 3 heterocycles. The number of fused-ring (bicyclic) bond motifs is 2. The molecule has 0 radical (unpaired) electrons. The van der Waals surface area contributed by atoms with Crippen molar-refractivity contribution in [2.24, 2.45) is 5.41 Å². The quantitative estimate of drug-likeness (QED) is 0.552. The van der Waals surface area contributed by atoms with E-state index in [-0.39, 0.29) is 17.4 Å². The molecule has 1 amide bonds. The number of aryl methyl sites for hydroxylation is 1. The number of amides is 1. The van der Waals surface area contributed by atoms with Gasteiger partial charge in [0.1, 0.15) is 5.69 Å². The highest BCUT2D eigenvalue weighted by Crippen LogP contribution is 2.41. The molecule has 0 unspecified atom stereocenters. The lowest BCUT2D eigenvalue weighted by atomic mass is 9.74. The predicted octanol–water partition coefficient (Wildman–Crippen LogP) is 4.33. The van der Waals surface area contributed by atoms with E-state index in [0.717, 1.165) is 34.7 Å². The van der Waals surface area contributed by atoms with E-state index in [2.05, 4.69) is 41.4 Å². The SMILES string of the molecule is Cc1nc2sccn2c1C(=O)N[C@@H]1CC(C)(C)Cc2c1cnn2-c1ccccc1. The molecule has 1 aliphatic carbocycles. The van der Waals surface area contributed by atoms with Gasteiger partial charge in [0.15, 0.2) is 4.96 Å². The van der Waals surface area contributed by atoms with E-state index in [0.29, 0.717) is 5.69 Å². The molecule has 1 aliphatic rings. The lowest BCUT2D eigenvalue weighted by Crippen LogP contribution is -2.37. The van der Waals surface area contributed by atoms with Gasteiger partial charge in [0, 0.05) is 17.1 Å². The molecule has 29 heavy (non-hydrogen) atoms. The van der Waals surface area contributed by atoms with Crippen LogP contribution in [0.3, 0.4) is 0 Å². The second-order valence-electron chi connectivity index (χ2n) is 8.47. The van der Waals surface area contributed by atoms with E-state index in [1.165, 1.54) is 17.0 Å². The van der Waals surface area contributed by atoms with Crippen molar-refractivity contribution in [2.75, 3.05) is 0 Å². The Morgan fingerprint density at radius 3 is 2.86 bits per heavy atom. The van der Waals surface area contributed by atoms with Crippen molar-refractivity contribution in [2.45, 2.75) is 39.7 Å². The lowest BCUT2D eigenvalue weighted by Gasteiger charge is -2.36. The maximum atomic E-state index is 13.2. The number of rotatable bonds is 3. The number of carbonyl (C=O) groups is 1. The third kappa shape index (κ3) is 3.06. The maximum Gasteiger partial charge on any atom is 0.270 e. The molecule has 5 rings (SSSR count). The van der Waals surface area contributed by atoms with Crippen molar-refractivity contribution < 1.29 is 4.79 Å². The summed E-state index contributed by atoms with van der Waals surface area (Å²) in [5.41, 5.74) is 4.74. The fraction of sp³-hybridized carbons (Fsp3) is 0.318. The summed E-state index contributed by atoms with van der Waals surface area (Å²) in [5.74, 6) is -0.0884. The van der Waals surface area contributed by atoms with Crippen molar-refractivity contribution in [3.63, 3.8) is 0 Å². The van der Waals surface area contributed by atoms with Gasteiger partial charge in [0.05, 0.1) is 29.3 Å². The Hall–Kier alpha value is -2.93. The van der Waals surface area contributed by atoms with Gasteiger partial charge in [0.25, 0.3) is 5.91 Å². The van der Waals surface area contributed by atoms with Crippen LogP contribution in [0.5, 0.6) is 0 Å². The molecule has 148 valence electrons. The average molecular weight is 406 g/mol. The van der Waals surface area contributed by atoms with Crippen LogP contribution in [0, 0.1) is 12.3 Å². The topological polar surface area (TPSA) is 64.2 Å². The summed E-state index contributed by atoms with van der Waals surface area (Å²) < 4.78 is 3.88. The van der Waals surface area contributed by atoms with E-state index in [1.54, 1.807) is 0 Å². The lowest BCUT2D eigenvalue weighted by molar-refractivity contribution is 0.0912. The molecule has 3 aromatic heterocycles. The Kier molecular flexibility index (Phi) is 4.10. The standard InChI is InChI=1S/C22H23N5OS/c1-14-19(26-9-10-29-21(26)24-14)20(28)25-17-11-22(2,3)12-18-16(17)13-23-27(18)15-7-5-4-6-8-15/h4-10,13,17H,11-12H2,1-3H3,(H,25,28)/t17-/m1/s1. The van der Waals surface area contributed by atoms with Crippen LogP contribution in [-0.2, 0) is 6.42 Å². The van der Waals surface area contributed by atoms with Gasteiger partial charge in [-0.25, -0.2) is 9.67 Å². The van der Waals surface area contributed by atoms with Gasteiger partial charge in [-0.15, -0.1) is 11.3 Å². The zero-order valence-corrected chi connectivity index (χ0v) is 17.5. The molecule has 0 aliphatic heterocycles. The largest absolute Gasteiger partial charge is 0.344 e. The number of benzene rings is 1. The van der Waals surface area contributed by atoms with E-state index in [9.17, 15) is 4.79 Å². The van der Waals surface area contributed by atoms with Crippen LogP contribution in [0.4, 0.5) is 0 Å². The van der Waals surface area contributed by atoms with Gasteiger partial charge in [-0.2, -0.15) is 5.10 Å². The zero-order chi connectivity index (χ0) is 20.2. The normalized spacial score (nSPS) is 18.0. The smallest absolute Gasteiger partial charge is 0.270 e. The molecule has 1 atom stereocenters. The predicted molar refractivity (Wildman–Crippen MR) is 114 cm³/mol. The summed E-state index contributed by atoms with van der Waals surface area (Å²) in [4.78, 5) is 18.6. The van der Waals surface area contributed by atoms with Gasteiger partial charge in [-0.3, -0.25) is 9.20 Å². The van der Waals surface area contributed by atoms with Crippen LogP contribution in [-0.4, -0.2) is 25.1 Å². The minimum atomic E-state index is -0.0884. The number of hydrogen-bond acceptors (Lipinski definition) is 4. The summed E-state index contributed by atoms with van der Waals surface area (Å²) in [5, 5.41) is 9.88. The monoisotopic (exact) mass is 405 g/mol. The second kappa shape index (κ2) is 6.56. The van der Waals surface area contributed by atoms with Crippen LogP contribution in [0.1, 0.15) is 53.7 Å². The van der Waals surface area contributed by atoms with Crippen molar-refractivity contribution in [3.8, 4) is 5.69 Å². The Morgan fingerprint density at radius 1 is 1.28 bits per heavy atom. The minimum absolute atomic E-state index is 0.0572. The third-order valence-electron chi connectivity index (χ3n) is 5.64. The van der Waals surface area contributed by atoms with E-state index in [4.69, 9.17) is 0 Å². The van der Waals surface area contributed by atoms with E-state index >= 15 is 0 Å². The molecule has 7 heteroatoms. The van der Waals surface area contributed by atoms with Gasteiger partial charge in [-0.1, -0.05) is 32.0 Å². The van der Waals surface area contributed by atoms with Gasteiger partial charge >= 0.3 is 0 Å². The summed E-state index contributed by atoms with van der Waals surface area (Å²) in [6.45, 7) is 6.38. The number of imidazole rings is 1. The Labute approximate surface area is 173 Å². The molecule has 0 spiro atoms. The van der Waals surface area contributed by atoms with E-state index in [1.807, 2.05) is 52.0 Å². The Balaban J connectivity index is 1.52. The van der Waals surface area contributed by atoms with Gasteiger partial charge in [0.2, 0.25) is 0 Å². The third-order valence-corrected chi connectivity index (χ3v) is 6.39.